The molecule has 0 heterocycles. The van der Waals surface area contributed by atoms with Crippen molar-refractivity contribution < 1.29 is 23.8 Å². The second-order valence-corrected chi connectivity index (χ2v) is 6.56. The van der Waals surface area contributed by atoms with Gasteiger partial charge in [-0.2, -0.15) is 0 Å². The van der Waals surface area contributed by atoms with E-state index >= 15 is 0 Å². The normalized spacial score (nSPS) is 10.2. The Kier molecular flexibility index (Phi) is 6.05. The Bertz CT molecular complexity index is 1090. The van der Waals surface area contributed by atoms with Crippen molar-refractivity contribution in [2.75, 3.05) is 0 Å². The van der Waals surface area contributed by atoms with Crippen LogP contribution >= 0.6 is 0 Å². The third-order valence-electron chi connectivity index (χ3n) is 4.28. The summed E-state index contributed by atoms with van der Waals surface area (Å²) < 4.78 is 16.5. The van der Waals surface area contributed by atoms with E-state index in [4.69, 9.17) is 14.2 Å². The molecule has 0 radical (unpaired) electrons. The molecule has 0 aliphatic rings. The second kappa shape index (κ2) is 9.41. The fourth-order valence-electron chi connectivity index (χ4n) is 2.82. The highest BCUT2D eigenvalue weighted by atomic mass is 16.6. The number of rotatable bonds is 6. The van der Waals surface area contributed by atoms with Crippen LogP contribution in [0.15, 0.2) is 109 Å². The van der Waals surface area contributed by atoms with Gasteiger partial charge in [0.05, 0.1) is 11.1 Å². The standard InChI is InChI=1S/C26H18O5/c27-25(19-9-7-15-23(17-19)29-21-11-3-1-4-12-21)31-26(28)20-10-8-16-24(18-20)30-22-13-5-2-6-14-22/h1-18H. The summed E-state index contributed by atoms with van der Waals surface area (Å²) in [6.45, 7) is 0. The van der Waals surface area contributed by atoms with Crippen molar-refractivity contribution in [3.8, 4) is 23.0 Å². The summed E-state index contributed by atoms with van der Waals surface area (Å²) in [7, 11) is 0. The smallest absolute Gasteiger partial charge is 0.346 e. The van der Waals surface area contributed by atoms with Crippen molar-refractivity contribution in [3.05, 3.63) is 120 Å². The quantitative estimate of drug-likeness (QED) is 0.277. The van der Waals surface area contributed by atoms with Crippen molar-refractivity contribution >= 4 is 11.9 Å². The van der Waals surface area contributed by atoms with Crippen LogP contribution in [0.1, 0.15) is 20.7 Å². The maximum atomic E-state index is 12.5. The number of para-hydroxylation sites is 2. The molecule has 0 N–H and O–H groups in total. The highest BCUT2D eigenvalue weighted by Crippen LogP contribution is 2.24. The second-order valence-electron chi connectivity index (χ2n) is 6.56. The molecule has 0 fully saturated rings. The summed E-state index contributed by atoms with van der Waals surface area (Å²) in [5.74, 6) is 0.673. The molecule has 0 bridgehead atoms. The van der Waals surface area contributed by atoms with E-state index < -0.39 is 11.9 Å². The van der Waals surface area contributed by atoms with Gasteiger partial charge >= 0.3 is 11.9 Å². The first-order chi connectivity index (χ1) is 15.2. The topological polar surface area (TPSA) is 61.8 Å². The molecule has 4 rings (SSSR count). The van der Waals surface area contributed by atoms with E-state index in [1.807, 2.05) is 36.4 Å². The lowest BCUT2D eigenvalue weighted by atomic mass is 10.2. The van der Waals surface area contributed by atoms with Crippen molar-refractivity contribution in [2.45, 2.75) is 0 Å². The van der Waals surface area contributed by atoms with Crippen molar-refractivity contribution in [1.29, 1.82) is 0 Å². The predicted molar refractivity (Wildman–Crippen MR) is 116 cm³/mol. The molecule has 0 saturated carbocycles. The van der Waals surface area contributed by atoms with Gasteiger partial charge in [-0.15, -0.1) is 0 Å². The molecule has 4 aromatic carbocycles. The minimum absolute atomic E-state index is 0.207. The highest BCUT2D eigenvalue weighted by molar-refractivity contribution is 6.02. The molecule has 5 heteroatoms. The Morgan fingerprint density at radius 1 is 0.452 bits per heavy atom. The van der Waals surface area contributed by atoms with Crippen LogP contribution in [0.5, 0.6) is 23.0 Å². The van der Waals surface area contributed by atoms with Crippen molar-refractivity contribution in [3.63, 3.8) is 0 Å². The van der Waals surface area contributed by atoms with Crippen LogP contribution in [0, 0.1) is 0 Å². The number of hydrogen-bond donors (Lipinski definition) is 0. The summed E-state index contributed by atoms with van der Waals surface area (Å²) in [5.41, 5.74) is 0.414. The van der Waals surface area contributed by atoms with E-state index in [9.17, 15) is 9.59 Å². The zero-order valence-corrected chi connectivity index (χ0v) is 16.4. The summed E-state index contributed by atoms with van der Waals surface area (Å²) in [5, 5.41) is 0. The SMILES string of the molecule is O=C(OC(=O)c1cccc(Oc2ccccc2)c1)c1cccc(Oc2ccccc2)c1. The van der Waals surface area contributed by atoms with E-state index in [1.165, 1.54) is 12.1 Å². The number of carbonyl (C=O) groups excluding carboxylic acids is 2. The summed E-state index contributed by atoms with van der Waals surface area (Å²) in [4.78, 5) is 25.0. The Balaban J connectivity index is 1.43. The summed E-state index contributed by atoms with van der Waals surface area (Å²) >= 11 is 0. The largest absolute Gasteiger partial charge is 0.457 e. The Morgan fingerprint density at radius 2 is 0.839 bits per heavy atom. The fourth-order valence-corrected chi connectivity index (χ4v) is 2.82. The van der Waals surface area contributed by atoms with Crippen LogP contribution < -0.4 is 9.47 Å². The highest BCUT2D eigenvalue weighted by Gasteiger charge is 2.16. The predicted octanol–water partition coefficient (Wildman–Crippen LogP) is 6.27. The average Bonchev–Trinajstić information content (AvgIpc) is 2.81. The molecule has 0 spiro atoms. The number of carbonyl (C=O) groups is 2. The van der Waals surface area contributed by atoms with Gasteiger partial charge in [0.25, 0.3) is 0 Å². The molecular weight excluding hydrogens is 392 g/mol. The molecule has 0 saturated heterocycles. The number of benzene rings is 4. The molecule has 4 aromatic rings. The fraction of sp³-hybridized carbons (Fsp3) is 0. The van der Waals surface area contributed by atoms with Crippen molar-refractivity contribution in [1.82, 2.24) is 0 Å². The van der Waals surface area contributed by atoms with Gasteiger partial charge in [0, 0.05) is 0 Å². The van der Waals surface area contributed by atoms with Gasteiger partial charge in [0.1, 0.15) is 23.0 Å². The van der Waals surface area contributed by atoms with E-state index in [2.05, 4.69) is 0 Å². The lowest BCUT2D eigenvalue weighted by molar-refractivity contribution is 0.0397. The number of ether oxygens (including phenoxy) is 3. The number of esters is 2. The maximum Gasteiger partial charge on any atom is 0.346 e. The van der Waals surface area contributed by atoms with Crippen molar-refractivity contribution in [2.24, 2.45) is 0 Å². The molecule has 5 nitrogen and oxygen atoms in total. The zero-order chi connectivity index (χ0) is 21.5. The lowest BCUT2D eigenvalue weighted by Crippen LogP contribution is -2.13. The molecule has 0 aliphatic heterocycles. The molecule has 0 unspecified atom stereocenters. The van der Waals surface area contributed by atoms with Gasteiger partial charge in [0.2, 0.25) is 0 Å². The van der Waals surface area contributed by atoms with Crippen LogP contribution in [-0.2, 0) is 4.74 Å². The Morgan fingerprint density at radius 3 is 1.26 bits per heavy atom. The third-order valence-corrected chi connectivity index (χ3v) is 4.28. The first kappa shape index (κ1) is 19.9. The van der Waals surface area contributed by atoms with Crippen LogP contribution in [0.25, 0.3) is 0 Å². The molecule has 31 heavy (non-hydrogen) atoms. The molecule has 0 aromatic heterocycles. The third kappa shape index (κ3) is 5.36. The average molecular weight is 410 g/mol. The first-order valence-corrected chi connectivity index (χ1v) is 9.60. The van der Waals surface area contributed by atoms with Crippen LogP contribution in [-0.4, -0.2) is 11.9 Å². The van der Waals surface area contributed by atoms with Gasteiger partial charge in [-0.3, -0.25) is 0 Å². The summed E-state index contributed by atoms with van der Waals surface area (Å²) in [6, 6.07) is 31.3. The Hall–Kier alpha value is -4.38. The zero-order valence-electron chi connectivity index (χ0n) is 16.4. The minimum atomic E-state index is -0.766. The van der Waals surface area contributed by atoms with Crippen LogP contribution in [0.4, 0.5) is 0 Å². The number of hydrogen-bond acceptors (Lipinski definition) is 5. The van der Waals surface area contributed by atoms with E-state index in [0.29, 0.717) is 23.0 Å². The van der Waals surface area contributed by atoms with Gasteiger partial charge in [-0.05, 0) is 60.7 Å². The van der Waals surface area contributed by atoms with Crippen LogP contribution in [0.3, 0.4) is 0 Å². The van der Waals surface area contributed by atoms with Gasteiger partial charge in [0.15, 0.2) is 0 Å². The van der Waals surface area contributed by atoms with Gasteiger partial charge in [-0.25, -0.2) is 9.59 Å². The van der Waals surface area contributed by atoms with E-state index in [1.54, 1.807) is 60.7 Å². The molecule has 0 amide bonds. The Labute approximate surface area is 179 Å². The van der Waals surface area contributed by atoms with Gasteiger partial charge < -0.3 is 14.2 Å². The summed E-state index contributed by atoms with van der Waals surface area (Å²) in [6.07, 6.45) is 0. The lowest BCUT2D eigenvalue weighted by Gasteiger charge is -2.09. The minimum Gasteiger partial charge on any atom is -0.457 e. The van der Waals surface area contributed by atoms with E-state index in [-0.39, 0.29) is 11.1 Å². The monoisotopic (exact) mass is 410 g/mol. The maximum absolute atomic E-state index is 12.5. The molecule has 152 valence electrons. The van der Waals surface area contributed by atoms with E-state index in [0.717, 1.165) is 0 Å². The molecular formula is C26H18O5. The molecule has 0 aliphatic carbocycles. The first-order valence-electron chi connectivity index (χ1n) is 9.60. The molecule has 0 atom stereocenters. The van der Waals surface area contributed by atoms with Crippen LogP contribution in [0.2, 0.25) is 0 Å². The van der Waals surface area contributed by atoms with Gasteiger partial charge in [-0.1, -0.05) is 48.5 Å².